The normalized spacial score (nSPS) is 30.5. The summed E-state index contributed by atoms with van der Waals surface area (Å²) in [6.07, 6.45) is 7.42. The molecule has 1 saturated carbocycles. The number of nitrogens with zero attached hydrogens (tertiary/aromatic N) is 1. The standard InChI is InChI=1S/C15H27N3O2/c19-15(14-11-16-7-10-20-14)17-12-5-8-18(9-6-12)13-3-1-2-4-13/h12-14,16H,1-11H2,(H,17,19). The minimum atomic E-state index is -0.295. The second-order valence-electron chi connectivity index (χ2n) is 6.32. The van der Waals surface area contributed by atoms with Gasteiger partial charge < -0.3 is 20.3 Å². The molecule has 0 spiro atoms. The Morgan fingerprint density at radius 3 is 2.55 bits per heavy atom. The van der Waals surface area contributed by atoms with Gasteiger partial charge in [0.05, 0.1) is 6.61 Å². The third-order valence-corrected chi connectivity index (χ3v) is 4.94. The number of morpholine rings is 1. The summed E-state index contributed by atoms with van der Waals surface area (Å²) in [4.78, 5) is 14.7. The van der Waals surface area contributed by atoms with E-state index in [4.69, 9.17) is 4.74 Å². The summed E-state index contributed by atoms with van der Waals surface area (Å²) < 4.78 is 5.50. The van der Waals surface area contributed by atoms with Crippen LogP contribution in [-0.2, 0) is 9.53 Å². The molecule has 0 aromatic rings. The van der Waals surface area contributed by atoms with E-state index in [1.165, 1.54) is 25.7 Å². The van der Waals surface area contributed by atoms with Crippen LogP contribution >= 0.6 is 0 Å². The molecule has 20 heavy (non-hydrogen) atoms. The van der Waals surface area contributed by atoms with E-state index in [0.717, 1.165) is 38.5 Å². The Kier molecular flexibility index (Phi) is 4.91. The first-order valence-corrected chi connectivity index (χ1v) is 8.19. The Balaban J connectivity index is 1.40. The molecule has 3 aliphatic rings. The predicted octanol–water partition coefficient (Wildman–Crippen LogP) is 0.498. The van der Waals surface area contributed by atoms with Crippen molar-refractivity contribution in [1.82, 2.24) is 15.5 Å². The van der Waals surface area contributed by atoms with E-state index >= 15 is 0 Å². The molecule has 2 heterocycles. The fraction of sp³-hybridized carbons (Fsp3) is 0.933. The Morgan fingerprint density at radius 1 is 1.15 bits per heavy atom. The smallest absolute Gasteiger partial charge is 0.250 e. The highest BCUT2D eigenvalue weighted by Gasteiger charge is 2.29. The molecule has 1 unspecified atom stereocenters. The maximum atomic E-state index is 12.1. The van der Waals surface area contributed by atoms with Crippen LogP contribution in [0.15, 0.2) is 0 Å². The van der Waals surface area contributed by atoms with E-state index < -0.39 is 0 Å². The summed E-state index contributed by atoms with van der Waals surface area (Å²) in [7, 11) is 0. The van der Waals surface area contributed by atoms with Crippen LogP contribution < -0.4 is 10.6 Å². The van der Waals surface area contributed by atoms with Crippen molar-refractivity contribution in [2.45, 2.75) is 56.7 Å². The van der Waals surface area contributed by atoms with Gasteiger partial charge in [0.25, 0.3) is 5.91 Å². The molecule has 2 N–H and O–H groups in total. The van der Waals surface area contributed by atoms with Crippen LogP contribution in [0.2, 0.25) is 0 Å². The lowest BCUT2D eigenvalue weighted by atomic mass is 10.0. The van der Waals surface area contributed by atoms with Gasteiger partial charge in [-0.25, -0.2) is 0 Å². The van der Waals surface area contributed by atoms with Gasteiger partial charge in [-0.15, -0.1) is 0 Å². The van der Waals surface area contributed by atoms with Crippen LogP contribution in [0.25, 0.3) is 0 Å². The largest absolute Gasteiger partial charge is 0.366 e. The topological polar surface area (TPSA) is 53.6 Å². The van der Waals surface area contributed by atoms with Crippen molar-refractivity contribution in [3.8, 4) is 0 Å². The van der Waals surface area contributed by atoms with E-state index in [-0.39, 0.29) is 12.0 Å². The molecule has 5 heteroatoms. The quantitative estimate of drug-likeness (QED) is 0.791. The Morgan fingerprint density at radius 2 is 1.90 bits per heavy atom. The number of likely N-dealkylation sites (tertiary alicyclic amines) is 1. The highest BCUT2D eigenvalue weighted by atomic mass is 16.5. The van der Waals surface area contributed by atoms with E-state index in [0.29, 0.717) is 19.2 Å². The van der Waals surface area contributed by atoms with Crippen molar-refractivity contribution in [2.24, 2.45) is 0 Å². The van der Waals surface area contributed by atoms with Crippen molar-refractivity contribution >= 4 is 5.91 Å². The molecule has 1 amide bonds. The number of carbonyl (C=O) groups is 1. The van der Waals surface area contributed by atoms with Gasteiger partial charge in [-0.1, -0.05) is 12.8 Å². The van der Waals surface area contributed by atoms with Crippen molar-refractivity contribution in [3.63, 3.8) is 0 Å². The summed E-state index contributed by atoms with van der Waals surface area (Å²) >= 11 is 0. The predicted molar refractivity (Wildman–Crippen MR) is 77.6 cm³/mol. The number of hydrogen-bond acceptors (Lipinski definition) is 4. The van der Waals surface area contributed by atoms with Crippen LogP contribution in [-0.4, -0.2) is 61.8 Å². The summed E-state index contributed by atoms with van der Waals surface area (Å²) in [6.45, 7) is 4.41. The first-order chi connectivity index (χ1) is 9.83. The molecule has 1 aliphatic carbocycles. The Hall–Kier alpha value is -0.650. The highest BCUT2D eigenvalue weighted by Crippen LogP contribution is 2.26. The van der Waals surface area contributed by atoms with Gasteiger partial charge in [0, 0.05) is 38.3 Å². The molecule has 2 aliphatic heterocycles. The van der Waals surface area contributed by atoms with E-state index in [1.807, 2.05) is 0 Å². The molecule has 1 atom stereocenters. The van der Waals surface area contributed by atoms with Crippen LogP contribution in [0.4, 0.5) is 0 Å². The lowest BCUT2D eigenvalue weighted by molar-refractivity contribution is -0.135. The van der Waals surface area contributed by atoms with Crippen molar-refractivity contribution in [3.05, 3.63) is 0 Å². The van der Waals surface area contributed by atoms with E-state index in [2.05, 4.69) is 15.5 Å². The monoisotopic (exact) mass is 281 g/mol. The molecular formula is C15H27N3O2. The number of ether oxygens (including phenoxy) is 1. The van der Waals surface area contributed by atoms with Crippen molar-refractivity contribution < 1.29 is 9.53 Å². The van der Waals surface area contributed by atoms with Gasteiger partial charge in [-0.05, 0) is 25.7 Å². The van der Waals surface area contributed by atoms with Crippen LogP contribution in [0, 0.1) is 0 Å². The molecular weight excluding hydrogens is 254 g/mol. The van der Waals surface area contributed by atoms with Crippen LogP contribution in [0.3, 0.4) is 0 Å². The third-order valence-electron chi connectivity index (χ3n) is 4.94. The molecule has 3 rings (SSSR count). The number of carbonyl (C=O) groups excluding carboxylic acids is 1. The number of rotatable bonds is 3. The number of piperidine rings is 1. The molecule has 0 aromatic heterocycles. The minimum absolute atomic E-state index is 0.0662. The first-order valence-electron chi connectivity index (χ1n) is 8.19. The second kappa shape index (κ2) is 6.87. The summed E-state index contributed by atoms with van der Waals surface area (Å²) in [5.74, 6) is 0.0662. The van der Waals surface area contributed by atoms with Crippen molar-refractivity contribution in [2.75, 3.05) is 32.8 Å². The lowest BCUT2D eigenvalue weighted by Crippen LogP contribution is -2.53. The lowest BCUT2D eigenvalue weighted by Gasteiger charge is -2.36. The average Bonchev–Trinajstić information content (AvgIpc) is 3.03. The summed E-state index contributed by atoms with van der Waals surface area (Å²) in [5.41, 5.74) is 0. The molecule has 5 nitrogen and oxygen atoms in total. The van der Waals surface area contributed by atoms with Gasteiger partial charge >= 0.3 is 0 Å². The summed E-state index contributed by atoms with van der Waals surface area (Å²) in [5, 5.41) is 6.37. The van der Waals surface area contributed by atoms with E-state index in [9.17, 15) is 4.79 Å². The zero-order valence-corrected chi connectivity index (χ0v) is 12.3. The summed E-state index contributed by atoms with van der Waals surface area (Å²) in [6, 6.07) is 1.16. The van der Waals surface area contributed by atoms with Gasteiger partial charge in [0.15, 0.2) is 0 Å². The fourth-order valence-electron chi connectivity index (χ4n) is 3.71. The maximum Gasteiger partial charge on any atom is 0.250 e. The number of hydrogen-bond donors (Lipinski definition) is 2. The van der Waals surface area contributed by atoms with Gasteiger partial charge in [-0.3, -0.25) is 4.79 Å². The zero-order chi connectivity index (χ0) is 13.8. The average molecular weight is 281 g/mol. The first kappa shape index (κ1) is 14.3. The molecule has 114 valence electrons. The minimum Gasteiger partial charge on any atom is -0.366 e. The van der Waals surface area contributed by atoms with Gasteiger partial charge in [0.1, 0.15) is 6.10 Å². The van der Waals surface area contributed by atoms with Crippen molar-refractivity contribution in [1.29, 1.82) is 0 Å². The fourth-order valence-corrected chi connectivity index (χ4v) is 3.71. The number of nitrogens with one attached hydrogen (secondary N) is 2. The Bertz CT molecular complexity index is 317. The molecule has 0 radical (unpaired) electrons. The SMILES string of the molecule is O=C(NC1CCN(C2CCCC2)CC1)C1CNCCO1. The van der Waals surface area contributed by atoms with Gasteiger partial charge in [0.2, 0.25) is 0 Å². The molecule has 3 fully saturated rings. The van der Waals surface area contributed by atoms with Crippen LogP contribution in [0.5, 0.6) is 0 Å². The van der Waals surface area contributed by atoms with E-state index in [1.54, 1.807) is 0 Å². The van der Waals surface area contributed by atoms with Crippen LogP contribution in [0.1, 0.15) is 38.5 Å². The van der Waals surface area contributed by atoms with Gasteiger partial charge in [-0.2, -0.15) is 0 Å². The third kappa shape index (κ3) is 3.51. The Labute approximate surface area is 121 Å². The zero-order valence-electron chi connectivity index (χ0n) is 12.3. The highest BCUT2D eigenvalue weighted by molar-refractivity contribution is 5.81. The molecule has 2 saturated heterocycles. The molecule has 0 aromatic carbocycles. The number of amides is 1. The molecule has 0 bridgehead atoms. The maximum absolute atomic E-state index is 12.1. The second-order valence-corrected chi connectivity index (χ2v) is 6.32.